The van der Waals surface area contributed by atoms with Crippen LogP contribution < -0.4 is 10.2 Å². The summed E-state index contributed by atoms with van der Waals surface area (Å²) in [6.45, 7) is -0.774. The summed E-state index contributed by atoms with van der Waals surface area (Å²) in [5.74, 6) is -4.86. The molecule has 0 amide bonds. The predicted octanol–water partition coefficient (Wildman–Crippen LogP) is -0.833. The molecule has 13 nitrogen and oxygen atoms in total. The zero-order valence-corrected chi connectivity index (χ0v) is 17.1. The monoisotopic (exact) mass is 480 g/mol. The molecule has 0 saturated carbocycles. The van der Waals surface area contributed by atoms with E-state index < -0.39 is 94.0 Å². The largest absolute Gasteiger partial charge is 0.507 e. The van der Waals surface area contributed by atoms with E-state index in [9.17, 15) is 50.8 Å². The quantitative estimate of drug-likeness (QED) is 0.164. The average Bonchev–Trinajstić information content (AvgIpc) is 2.80. The van der Waals surface area contributed by atoms with Gasteiger partial charge in [-0.15, -0.1) is 0 Å². The van der Waals surface area contributed by atoms with E-state index in [1.54, 1.807) is 0 Å². The number of hydrogen-bond acceptors (Lipinski definition) is 13. The summed E-state index contributed by atoms with van der Waals surface area (Å²) in [6, 6.07) is 3.89. The molecule has 13 heteroatoms. The smallest absolute Gasteiger partial charge is 0.239 e. The fourth-order valence-electron chi connectivity index (χ4n) is 3.55. The Morgan fingerprint density at radius 2 is 1.56 bits per heavy atom. The van der Waals surface area contributed by atoms with Crippen LogP contribution in [0.2, 0.25) is 0 Å². The van der Waals surface area contributed by atoms with Gasteiger partial charge in [-0.25, -0.2) is 0 Å². The van der Waals surface area contributed by atoms with E-state index in [0.29, 0.717) is 6.07 Å². The van der Waals surface area contributed by atoms with Gasteiger partial charge in [0.05, 0.1) is 6.61 Å². The van der Waals surface area contributed by atoms with Crippen LogP contribution in [0, 0.1) is 0 Å². The van der Waals surface area contributed by atoms with Gasteiger partial charge in [0.15, 0.2) is 28.6 Å². The van der Waals surface area contributed by atoms with Crippen LogP contribution in [0.5, 0.6) is 34.5 Å². The van der Waals surface area contributed by atoms with Crippen molar-refractivity contribution in [3.63, 3.8) is 0 Å². The van der Waals surface area contributed by atoms with Crippen molar-refractivity contribution >= 4 is 11.0 Å². The Kier molecular flexibility index (Phi) is 5.89. The van der Waals surface area contributed by atoms with E-state index >= 15 is 0 Å². The molecular formula is C21H20O13. The van der Waals surface area contributed by atoms with Crippen molar-refractivity contribution in [2.75, 3.05) is 6.61 Å². The number of fused-ring (bicyclic) bond motifs is 1. The molecule has 0 aliphatic carbocycles. The lowest BCUT2D eigenvalue weighted by molar-refractivity contribution is -0.277. The lowest BCUT2D eigenvalue weighted by atomic mass is 9.99. The minimum absolute atomic E-state index is 0.0869. The Balaban J connectivity index is 1.95. The second-order valence-corrected chi connectivity index (χ2v) is 7.58. The van der Waals surface area contributed by atoms with Crippen LogP contribution in [0.3, 0.4) is 0 Å². The molecule has 3 aromatic rings. The van der Waals surface area contributed by atoms with Crippen LogP contribution in [0.15, 0.2) is 33.5 Å². The van der Waals surface area contributed by atoms with Gasteiger partial charge in [-0.2, -0.15) is 0 Å². The Bertz CT molecular complexity index is 1300. The van der Waals surface area contributed by atoms with E-state index in [0.717, 1.165) is 12.1 Å². The molecule has 0 bridgehead atoms. The summed E-state index contributed by atoms with van der Waals surface area (Å²) in [4.78, 5) is 13.3. The first-order chi connectivity index (χ1) is 16.0. The van der Waals surface area contributed by atoms with Crippen LogP contribution in [-0.2, 0) is 4.74 Å². The van der Waals surface area contributed by atoms with Crippen molar-refractivity contribution in [3.05, 3.63) is 34.5 Å². The van der Waals surface area contributed by atoms with Gasteiger partial charge in [0.2, 0.25) is 23.2 Å². The zero-order chi connectivity index (χ0) is 24.9. The first-order valence-electron chi connectivity index (χ1n) is 9.79. The second kappa shape index (κ2) is 8.55. The van der Waals surface area contributed by atoms with Crippen LogP contribution in [0.25, 0.3) is 22.3 Å². The van der Waals surface area contributed by atoms with Crippen molar-refractivity contribution in [2.24, 2.45) is 0 Å². The lowest BCUT2D eigenvalue weighted by Crippen LogP contribution is -2.60. The van der Waals surface area contributed by atoms with Crippen molar-refractivity contribution in [2.45, 2.75) is 30.7 Å². The highest BCUT2D eigenvalue weighted by Crippen LogP contribution is 2.43. The molecule has 4 rings (SSSR count). The van der Waals surface area contributed by atoms with Crippen LogP contribution in [0.1, 0.15) is 0 Å². The van der Waals surface area contributed by atoms with Gasteiger partial charge in [-0.1, -0.05) is 0 Å². The van der Waals surface area contributed by atoms with E-state index in [1.807, 2.05) is 0 Å². The second-order valence-electron chi connectivity index (χ2n) is 7.58. The molecule has 1 saturated heterocycles. The molecule has 1 fully saturated rings. The molecular weight excluding hydrogens is 460 g/mol. The minimum atomic E-state index is -1.91. The predicted molar refractivity (Wildman–Crippen MR) is 111 cm³/mol. The molecule has 9 N–H and O–H groups in total. The van der Waals surface area contributed by atoms with Gasteiger partial charge in [-0.3, -0.25) is 4.79 Å². The topological polar surface area (TPSA) is 231 Å². The Morgan fingerprint density at radius 1 is 0.853 bits per heavy atom. The molecule has 0 radical (unpaired) electrons. The molecule has 34 heavy (non-hydrogen) atoms. The van der Waals surface area contributed by atoms with Crippen LogP contribution >= 0.6 is 0 Å². The molecule has 2 heterocycles. The molecule has 0 unspecified atom stereocenters. The van der Waals surface area contributed by atoms with Gasteiger partial charge in [0.25, 0.3) is 0 Å². The summed E-state index contributed by atoms with van der Waals surface area (Å²) in [6.07, 6.45) is -8.64. The summed E-state index contributed by atoms with van der Waals surface area (Å²) < 4.78 is 16.3. The molecule has 0 spiro atoms. The number of phenols is 5. The molecule has 5 atom stereocenters. The standard InChI is InChI=1S/C21H20O13/c22-5-11-14(28)16(30)17(31)21(32-11)34-20-15(29)12-9(25)4-10(26)13(27)19(12)33-18(20)6-1-2-7(23)8(24)3-6/h1-4,11,14,16-17,21-28,30-31H,5H2/t11-,14-,16+,17-,21-/m1/s1. The van der Waals surface area contributed by atoms with E-state index in [4.69, 9.17) is 13.9 Å². The molecule has 1 aliphatic rings. The first kappa shape index (κ1) is 23.4. The Morgan fingerprint density at radius 3 is 2.21 bits per heavy atom. The third-order valence-corrected chi connectivity index (χ3v) is 5.38. The zero-order valence-electron chi connectivity index (χ0n) is 17.1. The maximum absolute atomic E-state index is 13.3. The molecule has 2 aromatic carbocycles. The maximum atomic E-state index is 13.3. The van der Waals surface area contributed by atoms with E-state index in [2.05, 4.69) is 0 Å². The fraction of sp³-hybridized carbons (Fsp3) is 0.286. The van der Waals surface area contributed by atoms with E-state index in [-0.39, 0.29) is 5.56 Å². The molecule has 1 aromatic heterocycles. The van der Waals surface area contributed by atoms with Crippen LogP contribution in [0.4, 0.5) is 0 Å². The summed E-state index contributed by atoms with van der Waals surface area (Å²) in [5.41, 5.74) is -1.85. The summed E-state index contributed by atoms with van der Waals surface area (Å²) >= 11 is 0. The number of ether oxygens (including phenoxy) is 2. The van der Waals surface area contributed by atoms with Gasteiger partial charge >= 0.3 is 0 Å². The maximum Gasteiger partial charge on any atom is 0.239 e. The summed E-state index contributed by atoms with van der Waals surface area (Å²) in [5, 5.41) is 88.7. The highest BCUT2D eigenvalue weighted by molar-refractivity contribution is 5.93. The Labute approximate surface area is 189 Å². The Hall–Kier alpha value is -3.75. The highest BCUT2D eigenvalue weighted by atomic mass is 16.7. The normalized spacial score (nSPS) is 24.9. The van der Waals surface area contributed by atoms with Crippen molar-refractivity contribution in [1.29, 1.82) is 0 Å². The lowest BCUT2D eigenvalue weighted by Gasteiger charge is -2.39. The third-order valence-electron chi connectivity index (χ3n) is 5.38. The summed E-state index contributed by atoms with van der Waals surface area (Å²) in [7, 11) is 0. The molecule has 182 valence electrons. The van der Waals surface area contributed by atoms with Crippen LogP contribution in [-0.4, -0.2) is 83.3 Å². The number of aromatic hydroxyl groups is 5. The SMILES string of the molecule is O=c1c(O[C@H]2O[C@H](CO)[C@@H](O)[C@H](O)[C@H]2O)c(-c2ccc(O)c(O)c2)oc2c(O)c(O)cc(O)c12. The van der Waals surface area contributed by atoms with Gasteiger partial charge in [0.1, 0.15) is 35.6 Å². The van der Waals surface area contributed by atoms with Crippen molar-refractivity contribution < 1.29 is 59.8 Å². The number of hydrogen-bond donors (Lipinski definition) is 9. The third kappa shape index (κ3) is 3.70. The number of aliphatic hydroxyl groups is 4. The van der Waals surface area contributed by atoms with Gasteiger partial charge in [0, 0.05) is 11.6 Å². The average molecular weight is 480 g/mol. The molecule has 1 aliphatic heterocycles. The number of rotatable bonds is 4. The number of aliphatic hydroxyl groups excluding tert-OH is 4. The fourth-order valence-corrected chi connectivity index (χ4v) is 3.55. The highest BCUT2D eigenvalue weighted by Gasteiger charge is 2.45. The van der Waals surface area contributed by atoms with Gasteiger partial charge < -0.3 is 59.8 Å². The van der Waals surface area contributed by atoms with Crippen molar-refractivity contribution in [1.82, 2.24) is 0 Å². The van der Waals surface area contributed by atoms with Gasteiger partial charge in [-0.05, 0) is 18.2 Å². The number of benzene rings is 2. The first-order valence-corrected chi connectivity index (χ1v) is 9.79. The number of phenolic OH excluding ortho intramolecular Hbond substituents is 5. The van der Waals surface area contributed by atoms with Crippen molar-refractivity contribution in [3.8, 4) is 45.8 Å². The van der Waals surface area contributed by atoms with E-state index in [1.165, 1.54) is 6.07 Å². The minimum Gasteiger partial charge on any atom is -0.507 e.